The maximum absolute atomic E-state index is 11.5. The molecule has 0 saturated heterocycles. The molecule has 0 amide bonds. The molecule has 1 aromatic carbocycles. The monoisotopic (exact) mass is 240 g/mol. The second-order valence-corrected chi connectivity index (χ2v) is 5.52. The lowest BCUT2D eigenvalue weighted by Crippen LogP contribution is -2.16. The molecule has 0 aromatic heterocycles. The number of ether oxygens (including phenoxy) is 1. The van der Waals surface area contributed by atoms with Gasteiger partial charge in [-0.15, -0.1) is 0 Å². The van der Waals surface area contributed by atoms with Gasteiger partial charge in [0, 0.05) is 11.0 Å². The molecule has 0 saturated carbocycles. The van der Waals surface area contributed by atoms with Gasteiger partial charge in [-0.3, -0.25) is 4.79 Å². The molecular formula is C16H16O2. The van der Waals surface area contributed by atoms with E-state index in [1.54, 1.807) is 0 Å². The summed E-state index contributed by atoms with van der Waals surface area (Å²) < 4.78 is 5.43. The van der Waals surface area contributed by atoms with Crippen molar-refractivity contribution in [1.29, 1.82) is 0 Å². The quantitative estimate of drug-likeness (QED) is 0.511. The number of rotatable bonds is 0. The Bertz CT molecular complexity index is 577. The van der Waals surface area contributed by atoms with E-state index in [1.807, 2.05) is 0 Å². The van der Waals surface area contributed by atoms with Crippen molar-refractivity contribution in [2.45, 2.75) is 26.7 Å². The largest absolute Gasteiger partial charge is 0.426 e. The molecule has 0 N–H and O–H groups in total. The van der Waals surface area contributed by atoms with Gasteiger partial charge in [-0.25, -0.2) is 0 Å². The number of benzene rings is 1. The van der Waals surface area contributed by atoms with E-state index in [2.05, 4.69) is 50.3 Å². The molecule has 2 heteroatoms. The van der Waals surface area contributed by atoms with Crippen LogP contribution in [-0.2, 0) is 11.2 Å². The summed E-state index contributed by atoms with van der Waals surface area (Å²) >= 11 is 0. The first-order valence-corrected chi connectivity index (χ1v) is 6.30. The predicted molar refractivity (Wildman–Crippen MR) is 72.2 cm³/mol. The molecule has 1 aromatic rings. The highest BCUT2D eigenvalue weighted by Gasteiger charge is 2.22. The van der Waals surface area contributed by atoms with Crippen LogP contribution in [0.5, 0.6) is 5.75 Å². The van der Waals surface area contributed by atoms with Crippen molar-refractivity contribution >= 4 is 18.1 Å². The molecule has 1 aliphatic carbocycles. The van der Waals surface area contributed by atoms with E-state index in [1.165, 1.54) is 0 Å². The van der Waals surface area contributed by atoms with Crippen molar-refractivity contribution in [2.24, 2.45) is 5.41 Å². The molecule has 0 bridgehead atoms. The Hall–Kier alpha value is -1.83. The molecule has 0 fully saturated rings. The minimum absolute atomic E-state index is 0.0323. The number of hydrogen-bond acceptors (Lipinski definition) is 2. The third kappa shape index (κ3) is 1.88. The standard InChI is InChI=1S/C16H16O2/c1-16(2)9-7-11-3-4-12-5-6-14(17)18-15(12)13(11)8-10-16/h3-4,7-10H,5-6H2,1-2H3. The molecule has 2 nitrogen and oxygen atoms in total. The number of carbonyl (C=O) groups excluding carboxylic acids is 1. The third-order valence-corrected chi connectivity index (χ3v) is 3.50. The number of fused-ring (bicyclic) bond motifs is 3. The molecule has 0 atom stereocenters. The number of hydrogen-bond donors (Lipinski definition) is 0. The molecule has 1 aliphatic heterocycles. The summed E-state index contributed by atoms with van der Waals surface area (Å²) in [5, 5.41) is 0. The van der Waals surface area contributed by atoms with Crippen LogP contribution in [-0.4, -0.2) is 5.97 Å². The van der Waals surface area contributed by atoms with Crippen molar-refractivity contribution in [3.63, 3.8) is 0 Å². The molecule has 3 rings (SSSR count). The minimum atomic E-state index is -0.128. The van der Waals surface area contributed by atoms with Crippen molar-refractivity contribution in [2.75, 3.05) is 0 Å². The molecule has 0 unspecified atom stereocenters. The summed E-state index contributed by atoms with van der Waals surface area (Å²) in [7, 11) is 0. The average molecular weight is 240 g/mol. The molecule has 0 radical (unpaired) electrons. The zero-order valence-electron chi connectivity index (χ0n) is 10.7. The second kappa shape index (κ2) is 3.84. The third-order valence-electron chi connectivity index (χ3n) is 3.50. The first kappa shape index (κ1) is 11.3. The number of aryl methyl sites for hydroxylation is 1. The first-order chi connectivity index (χ1) is 8.55. The Morgan fingerprint density at radius 2 is 1.89 bits per heavy atom. The van der Waals surface area contributed by atoms with Crippen molar-refractivity contribution < 1.29 is 9.53 Å². The van der Waals surface area contributed by atoms with Crippen molar-refractivity contribution in [3.8, 4) is 5.75 Å². The summed E-state index contributed by atoms with van der Waals surface area (Å²) in [6.07, 6.45) is 9.77. The van der Waals surface area contributed by atoms with Crippen LogP contribution in [0.1, 0.15) is 37.0 Å². The summed E-state index contributed by atoms with van der Waals surface area (Å²) in [6.45, 7) is 4.31. The van der Waals surface area contributed by atoms with E-state index in [-0.39, 0.29) is 11.4 Å². The minimum Gasteiger partial charge on any atom is -0.426 e. The van der Waals surface area contributed by atoms with E-state index >= 15 is 0 Å². The fourth-order valence-electron chi connectivity index (χ4n) is 2.35. The molecule has 0 spiro atoms. The van der Waals surface area contributed by atoms with E-state index in [0.29, 0.717) is 6.42 Å². The lowest BCUT2D eigenvalue weighted by molar-refractivity contribution is -0.135. The van der Waals surface area contributed by atoms with Crippen LogP contribution in [0.25, 0.3) is 12.2 Å². The van der Waals surface area contributed by atoms with E-state index in [4.69, 9.17) is 4.74 Å². The Morgan fingerprint density at radius 1 is 1.11 bits per heavy atom. The SMILES string of the molecule is CC1(C)C=Cc2ccc3c(c2C=C1)OC(=O)CC3. The van der Waals surface area contributed by atoms with Crippen LogP contribution in [0, 0.1) is 5.41 Å². The summed E-state index contributed by atoms with van der Waals surface area (Å²) in [4.78, 5) is 11.5. The van der Waals surface area contributed by atoms with Gasteiger partial charge in [0.05, 0.1) is 6.42 Å². The van der Waals surface area contributed by atoms with Gasteiger partial charge in [0.2, 0.25) is 0 Å². The van der Waals surface area contributed by atoms with Gasteiger partial charge in [0.15, 0.2) is 0 Å². The van der Waals surface area contributed by atoms with E-state index < -0.39 is 0 Å². The highest BCUT2D eigenvalue weighted by atomic mass is 16.5. The highest BCUT2D eigenvalue weighted by Crippen LogP contribution is 2.37. The van der Waals surface area contributed by atoms with Crippen molar-refractivity contribution in [3.05, 3.63) is 41.0 Å². The Kier molecular flexibility index (Phi) is 2.40. The molecule has 92 valence electrons. The van der Waals surface area contributed by atoms with Crippen LogP contribution < -0.4 is 4.74 Å². The van der Waals surface area contributed by atoms with Crippen LogP contribution >= 0.6 is 0 Å². The van der Waals surface area contributed by atoms with E-state index in [0.717, 1.165) is 28.9 Å². The Labute approximate surface area is 107 Å². The topological polar surface area (TPSA) is 26.3 Å². The zero-order valence-corrected chi connectivity index (χ0v) is 10.7. The molecular weight excluding hydrogens is 224 g/mol. The van der Waals surface area contributed by atoms with Gasteiger partial charge in [-0.1, -0.05) is 50.3 Å². The predicted octanol–water partition coefficient (Wildman–Crippen LogP) is 3.60. The summed E-state index contributed by atoms with van der Waals surface area (Å²) in [5.74, 6) is 0.624. The average Bonchev–Trinajstić information content (AvgIpc) is 2.48. The maximum Gasteiger partial charge on any atom is 0.311 e. The van der Waals surface area contributed by atoms with Gasteiger partial charge < -0.3 is 4.74 Å². The van der Waals surface area contributed by atoms with Gasteiger partial charge in [0.25, 0.3) is 0 Å². The van der Waals surface area contributed by atoms with Crippen LogP contribution in [0.15, 0.2) is 24.3 Å². The van der Waals surface area contributed by atoms with Gasteiger partial charge in [-0.05, 0) is 17.5 Å². The fourth-order valence-corrected chi connectivity index (χ4v) is 2.35. The van der Waals surface area contributed by atoms with E-state index in [9.17, 15) is 4.79 Å². The Balaban J connectivity index is 2.17. The lowest BCUT2D eigenvalue weighted by atomic mass is 9.93. The van der Waals surface area contributed by atoms with Crippen LogP contribution in [0.3, 0.4) is 0 Å². The van der Waals surface area contributed by atoms with Gasteiger partial charge in [-0.2, -0.15) is 0 Å². The lowest BCUT2D eigenvalue weighted by Gasteiger charge is -2.19. The van der Waals surface area contributed by atoms with Crippen LogP contribution in [0.2, 0.25) is 0 Å². The second-order valence-electron chi connectivity index (χ2n) is 5.52. The summed E-state index contributed by atoms with van der Waals surface area (Å²) in [6, 6.07) is 4.17. The van der Waals surface area contributed by atoms with Crippen molar-refractivity contribution in [1.82, 2.24) is 0 Å². The highest BCUT2D eigenvalue weighted by molar-refractivity contribution is 5.81. The van der Waals surface area contributed by atoms with Crippen LogP contribution in [0.4, 0.5) is 0 Å². The normalized spacial score (nSPS) is 19.8. The molecule has 2 aliphatic rings. The summed E-state index contributed by atoms with van der Waals surface area (Å²) in [5.41, 5.74) is 3.31. The fraction of sp³-hybridized carbons (Fsp3) is 0.312. The number of allylic oxidation sites excluding steroid dienone is 2. The molecule has 1 heterocycles. The molecule has 18 heavy (non-hydrogen) atoms. The smallest absolute Gasteiger partial charge is 0.311 e. The Morgan fingerprint density at radius 3 is 2.72 bits per heavy atom. The maximum atomic E-state index is 11.5. The van der Waals surface area contributed by atoms with Gasteiger partial charge >= 0.3 is 5.97 Å². The first-order valence-electron chi connectivity index (χ1n) is 6.30. The number of carbonyl (C=O) groups is 1. The van der Waals surface area contributed by atoms with Gasteiger partial charge in [0.1, 0.15) is 5.75 Å². The number of esters is 1. The zero-order chi connectivity index (χ0) is 12.8.